The Hall–Kier alpha value is -2.93. The number of carbonyl (C=O) groups is 1. The van der Waals surface area contributed by atoms with Gasteiger partial charge in [0.1, 0.15) is 5.69 Å². The van der Waals surface area contributed by atoms with Gasteiger partial charge >= 0.3 is 0 Å². The first-order valence-electron chi connectivity index (χ1n) is 10.5. The Morgan fingerprint density at radius 3 is 2.63 bits per heavy atom. The number of nitrogens with zero attached hydrogens (tertiary/aromatic N) is 2. The monoisotopic (exact) mass is 408 g/mol. The van der Waals surface area contributed by atoms with Crippen molar-refractivity contribution in [3.8, 4) is 0 Å². The van der Waals surface area contributed by atoms with E-state index in [1.54, 1.807) is 12.1 Å². The van der Waals surface area contributed by atoms with E-state index in [0.29, 0.717) is 23.8 Å². The molecule has 1 fully saturated rings. The lowest BCUT2D eigenvalue weighted by Gasteiger charge is -2.41. The summed E-state index contributed by atoms with van der Waals surface area (Å²) >= 11 is 0. The van der Waals surface area contributed by atoms with E-state index in [4.69, 9.17) is 0 Å². The molecule has 2 N–H and O–H groups in total. The largest absolute Gasteiger partial charge is 0.377 e. The second kappa shape index (κ2) is 8.07. The molecule has 1 heterocycles. The number of fused-ring (bicyclic) bond motifs is 1. The molecule has 0 saturated heterocycles. The van der Waals surface area contributed by atoms with Crippen LogP contribution in [0.4, 0.5) is 11.4 Å². The molecule has 0 bridgehead atoms. The minimum absolute atomic E-state index is 0.0542. The number of nitro benzene ring substituents is 1. The predicted octanol–water partition coefficient (Wildman–Crippen LogP) is 3.74. The van der Waals surface area contributed by atoms with Crippen LogP contribution >= 0.6 is 0 Å². The number of benzene rings is 2. The second-order valence-electron chi connectivity index (χ2n) is 8.84. The van der Waals surface area contributed by atoms with Crippen molar-refractivity contribution in [3.05, 3.63) is 69.3 Å². The zero-order valence-corrected chi connectivity index (χ0v) is 17.5. The van der Waals surface area contributed by atoms with Crippen molar-refractivity contribution in [1.29, 1.82) is 0 Å². The maximum atomic E-state index is 12.7. The van der Waals surface area contributed by atoms with Gasteiger partial charge in [-0.15, -0.1) is 0 Å². The molecular weight excluding hydrogens is 380 g/mol. The summed E-state index contributed by atoms with van der Waals surface area (Å²) in [4.78, 5) is 26.1. The zero-order chi connectivity index (χ0) is 21.3. The number of carbonyl (C=O) groups excluding carboxylic acids is 1. The average Bonchev–Trinajstić information content (AvgIpc) is 3.56. The van der Waals surface area contributed by atoms with Gasteiger partial charge in [-0.25, -0.2) is 0 Å². The first kappa shape index (κ1) is 20.3. The third-order valence-corrected chi connectivity index (χ3v) is 6.06. The molecule has 4 rings (SSSR count). The normalized spacial score (nSPS) is 16.6. The van der Waals surface area contributed by atoms with Crippen molar-refractivity contribution in [1.82, 2.24) is 10.2 Å². The highest BCUT2D eigenvalue weighted by atomic mass is 16.6. The van der Waals surface area contributed by atoms with Gasteiger partial charge in [0, 0.05) is 42.8 Å². The lowest BCUT2D eigenvalue weighted by atomic mass is 9.94. The molecule has 2 aromatic rings. The van der Waals surface area contributed by atoms with Crippen molar-refractivity contribution >= 4 is 17.3 Å². The molecule has 2 aromatic carbocycles. The van der Waals surface area contributed by atoms with E-state index in [0.717, 1.165) is 32.4 Å². The van der Waals surface area contributed by atoms with Gasteiger partial charge in [-0.1, -0.05) is 24.3 Å². The third-order valence-electron chi connectivity index (χ3n) is 6.06. The van der Waals surface area contributed by atoms with Crippen molar-refractivity contribution < 1.29 is 9.72 Å². The smallest absolute Gasteiger partial charge is 0.293 e. The van der Waals surface area contributed by atoms with E-state index >= 15 is 0 Å². The zero-order valence-electron chi connectivity index (χ0n) is 17.5. The van der Waals surface area contributed by atoms with Gasteiger partial charge in [-0.05, 0) is 56.4 Å². The van der Waals surface area contributed by atoms with Crippen LogP contribution in [-0.2, 0) is 13.0 Å². The summed E-state index contributed by atoms with van der Waals surface area (Å²) < 4.78 is 0. The third kappa shape index (κ3) is 4.46. The molecule has 0 atom stereocenters. The van der Waals surface area contributed by atoms with Gasteiger partial charge in [0.2, 0.25) is 0 Å². The van der Waals surface area contributed by atoms with E-state index in [1.807, 2.05) is 0 Å². The first-order chi connectivity index (χ1) is 14.3. The summed E-state index contributed by atoms with van der Waals surface area (Å²) in [7, 11) is 0. The molecule has 1 aliphatic carbocycles. The maximum absolute atomic E-state index is 12.7. The molecule has 0 aromatic heterocycles. The molecule has 1 amide bonds. The molecular formula is C23H28N4O3. The van der Waals surface area contributed by atoms with E-state index < -0.39 is 4.92 Å². The minimum atomic E-state index is -0.434. The molecule has 0 radical (unpaired) electrons. The Labute approximate surface area is 176 Å². The summed E-state index contributed by atoms with van der Waals surface area (Å²) in [5.41, 5.74) is 3.22. The SMILES string of the molecule is CC(C)(CNC(=O)c1ccc(NC2CC2)c([N+](=O)[O-])c1)N1CCc2ccccc2C1. The highest BCUT2D eigenvalue weighted by Crippen LogP contribution is 2.31. The van der Waals surface area contributed by atoms with E-state index in [-0.39, 0.29) is 17.1 Å². The van der Waals surface area contributed by atoms with Gasteiger partial charge in [-0.3, -0.25) is 19.8 Å². The maximum Gasteiger partial charge on any atom is 0.293 e. The predicted molar refractivity (Wildman–Crippen MR) is 117 cm³/mol. The summed E-state index contributed by atoms with van der Waals surface area (Å²) in [6.07, 6.45) is 3.04. The van der Waals surface area contributed by atoms with Crippen LogP contribution in [-0.4, -0.2) is 40.4 Å². The van der Waals surface area contributed by atoms with Crippen LogP contribution in [0.3, 0.4) is 0 Å². The number of nitro groups is 1. The van der Waals surface area contributed by atoms with Gasteiger partial charge in [0.05, 0.1) is 4.92 Å². The van der Waals surface area contributed by atoms with Gasteiger partial charge in [0.15, 0.2) is 0 Å². The van der Waals surface area contributed by atoms with Crippen LogP contribution < -0.4 is 10.6 Å². The molecule has 0 spiro atoms. The Balaban J connectivity index is 1.41. The Morgan fingerprint density at radius 2 is 1.93 bits per heavy atom. The topological polar surface area (TPSA) is 87.5 Å². The molecule has 1 aliphatic heterocycles. The quantitative estimate of drug-likeness (QED) is 0.538. The Bertz CT molecular complexity index is 969. The van der Waals surface area contributed by atoms with Gasteiger partial charge in [0.25, 0.3) is 11.6 Å². The number of amides is 1. The number of hydrogen-bond acceptors (Lipinski definition) is 5. The number of anilines is 1. The molecule has 7 nitrogen and oxygen atoms in total. The van der Waals surface area contributed by atoms with Crippen molar-refractivity contribution in [3.63, 3.8) is 0 Å². The number of nitrogens with one attached hydrogen (secondary N) is 2. The van der Waals surface area contributed by atoms with Crippen LogP contribution in [0.1, 0.15) is 48.2 Å². The molecule has 7 heteroatoms. The summed E-state index contributed by atoms with van der Waals surface area (Å²) in [6, 6.07) is 13.4. The fourth-order valence-electron chi connectivity index (χ4n) is 3.92. The van der Waals surface area contributed by atoms with Gasteiger partial charge < -0.3 is 10.6 Å². The van der Waals surface area contributed by atoms with Crippen molar-refractivity contribution in [2.75, 3.05) is 18.4 Å². The fourth-order valence-corrected chi connectivity index (χ4v) is 3.92. The van der Waals surface area contributed by atoms with Crippen LogP contribution in [0, 0.1) is 10.1 Å². The van der Waals surface area contributed by atoms with Crippen LogP contribution in [0.25, 0.3) is 0 Å². The molecule has 0 unspecified atom stereocenters. The molecule has 1 saturated carbocycles. The average molecular weight is 409 g/mol. The highest BCUT2D eigenvalue weighted by molar-refractivity contribution is 5.95. The van der Waals surface area contributed by atoms with Crippen molar-refractivity contribution in [2.24, 2.45) is 0 Å². The summed E-state index contributed by atoms with van der Waals surface area (Å²) in [5.74, 6) is -0.290. The summed E-state index contributed by atoms with van der Waals surface area (Å²) in [5, 5.41) is 17.6. The van der Waals surface area contributed by atoms with Gasteiger partial charge in [-0.2, -0.15) is 0 Å². The second-order valence-corrected chi connectivity index (χ2v) is 8.84. The minimum Gasteiger partial charge on any atom is -0.377 e. The van der Waals surface area contributed by atoms with E-state index in [9.17, 15) is 14.9 Å². The number of rotatable bonds is 7. The van der Waals surface area contributed by atoms with Crippen LogP contribution in [0.15, 0.2) is 42.5 Å². The highest BCUT2D eigenvalue weighted by Gasteiger charge is 2.31. The van der Waals surface area contributed by atoms with Crippen LogP contribution in [0.2, 0.25) is 0 Å². The van der Waals surface area contributed by atoms with E-state index in [2.05, 4.69) is 53.6 Å². The Morgan fingerprint density at radius 1 is 1.20 bits per heavy atom. The fraction of sp³-hybridized carbons (Fsp3) is 0.435. The van der Waals surface area contributed by atoms with Crippen LogP contribution in [0.5, 0.6) is 0 Å². The lowest BCUT2D eigenvalue weighted by Crippen LogP contribution is -2.53. The molecule has 158 valence electrons. The summed E-state index contributed by atoms with van der Waals surface area (Å²) in [6.45, 7) is 6.49. The lowest BCUT2D eigenvalue weighted by molar-refractivity contribution is -0.384. The Kier molecular flexibility index (Phi) is 5.47. The van der Waals surface area contributed by atoms with E-state index in [1.165, 1.54) is 17.2 Å². The first-order valence-corrected chi connectivity index (χ1v) is 10.5. The molecule has 2 aliphatic rings. The number of hydrogen-bond donors (Lipinski definition) is 2. The van der Waals surface area contributed by atoms with Crippen molar-refractivity contribution in [2.45, 2.75) is 51.2 Å². The molecule has 30 heavy (non-hydrogen) atoms. The standard InChI is InChI=1S/C23H28N4O3/c1-23(2,26-12-11-16-5-3-4-6-18(16)14-26)15-24-22(28)17-7-10-20(25-19-8-9-19)21(13-17)27(29)30/h3-7,10,13,19,25H,8-9,11-12,14-15H2,1-2H3,(H,24,28).